The normalized spacial score (nSPS) is 14.3. The van der Waals surface area contributed by atoms with Crippen molar-refractivity contribution in [2.24, 2.45) is 0 Å². The molecule has 0 radical (unpaired) electrons. The molecule has 1 fully saturated rings. The Morgan fingerprint density at radius 2 is 1.59 bits per heavy atom. The zero-order valence-electron chi connectivity index (χ0n) is 17.3. The highest BCUT2D eigenvalue weighted by molar-refractivity contribution is 5.97. The van der Waals surface area contributed by atoms with E-state index in [0.29, 0.717) is 37.5 Å². The maximum absolute atomic E-state index is 12.9. The first kappa shape index (κ1) is 20.7. The fourth-order valence-corrected chi connectivity index (χ4v) is 3.47. The lowest BCUT2D eigenvalue weighted by Gasteiger charge is -2.23. The molecule has 2 aromatic rings. The van der Waals surface area contributed by atoms with Crippen LogP contribution < -0.4 is 9.47 Å². The van der Waals surface area contributed by atoms with Crippen LogP contribution in [0.25, 0.3) is 0 Å². The Bertz CT molecular complexity index is 881. The van der Waals surface area contributed by atoms with Crippen molar-refractivity contribution in [3.05, 3.63) is 59.2 Å². The molecule has 3 rings (SSSR count). The molecule has 154 valence electrons. The van der Waals surface area contributed by atoms with Crippen molar-refractivity contribution in [1.82, 2.24) is 9.80 Å². The van der Waals surface area contributed by atoms with E-state index >= 15 is 0 Å². The molecule has 29 heavy (non-hydrogen) atoms. The number of carbonyl (C=O) groups is 2. The van der Waals surface area contributed by atoms with E-state index in [2.05, 4.69) is 0 Å². The van der Waals surface area contributed by atoms with Gasteiger partial charge in [0.1, 0.15) is 11.5 Å². The van der Waals surface area contributed by atoms with E-state index < -0.39 is 0 Å². The van der Waals surface area contributed by atoms with Gasteiger partial charge in [0, 0.05) is 26.2 Å². The number of rotatable bonds is 5. The molecule has 0 atom stereocenters. The first-order valence-electron chi connectivity index (χ1n) is 9.90. The van der Waals surface area contributed by atoms with Crippen molar-refractivity contribution < 1.29 is 19.1 Å². The summed E-state index contributed by atoms with van der Waals surface area (Å²) in [5.74, 6) is 1.18. The third-order valence-electron chi connectivity index (χ3n) is 5.38. The maximum atomic E-state index is 12.9. The number of benzene rings is 2. The summed E-state index contributed by atoms with van der Waals surface area (Å²) < 4.78 is 11.1. The summed E-state index contributed by atoms with van der Waals surface area (Å²) >= 11 is 0. The fraction of sp³-hybridized carbons (Fsp3) is 0.391. The van der Waals surface area contributed by atoms with Crippen molar-refractivity contribution >= 4 is 11.8 Å². The molecule has 2 aromatic carbocycles. The summed E-state index contributed by atoms with van der Waals surface area (Å²) in [6.07, 6.45) is 0.732. The number of para-hydroxylation sites is 1. The predicted octanol–water partition coefficient (Wildman–Crippen LogP) is 3.07. The Balaban J connectivity index is 1.58. The van der Waals surface area contributed by atoms with Crippen LogP contribution in [0.5, 0.6) is 11.5 Å². The van der Waals surface area contributed by atoms with Crippen LogP contribution in [0.3, 0.4) is 0 Å². The van der Waals surface area contributed by atoms with Gasteiger partial charge in [0.25, 0.3) is 11.8 Å². The Morgan fingerprint density at radius 3 is 2.38 bits per heavy atom. The summed E-state index contributed by atoms with van der Waals surface area (Å²) in [4.78, 5) is 29.1. The Labute approximate surface area is 172 Å². The lowest BCUT2D eigenvalue weighted by atomic mass is 10.1. The lowest BCUT2D eigenvalue weighted by molar-refractivity contribution is -0.133. The monoisotopic (exact) mass is 396 g/mol. The Kier molecular flexibility index (Phi) is 6.75. The van der Waals surface area contributed by atoms with Gasteiger partial charge in [0.05, 0.1) is 12.7 Å². The van der Waals surface area contributed by atoms with Gasteiger partial charge in [-0.2, -0.15) is 0 Å². The van der Waals surface area contributed by atoms with Crippen LogP contribution in [0.15, 0.2) is 42.5 Å². The molecule has 0 aromatic heterocycles. The van der Waals surface area contributed by atoms with Crippen molar-refractivity contribution in [3.63, 3.8) is 0 Å². The van der Waals surface area contributed by atoms with Gasteiger partial charge in [-0.15, -0.1) is 0 Å². The fourth-order valence-electron chi connectivity index (χ4n) is 3.47. The van der Waals surface area contributed by atoms with E-state index in [1.165, 1.54) is 0 Å². The van der Waals surface area contributed by atoms with Crippen molar-refractivity contribution in [2.45, 2.75) is 20.3 Å². The lowest BCUT2D eigenvalue weighted by Crippen LogP contribution is -2.39. The SMILES string of the molecule is COc1ccccc1C(=O)N1CCCN(C(=O)COc2cccc(C)c2C)CC1. The molecule has 1 aliphatic heterocycles. The van der Waals surface area contributed by atoms with Crippen LogP contribution in [-0.4, -0.2) is 61.5 Å². The van der Waals surface area contributed by atoms with E-state index in [0.717, 1.165) is 23.3 Å². The molecule has 2 amide bonds. The molecular formula is C23H28N2O4. The highest BCUT2D eigenvalue weighted by Crippen LogP contribution is 2.22. The number of ether oxygens (including phenoxy) is 2. The molecule has 6 heteroatoms. The molecule has 6 nitrogen and oxygen atoms in total. The first-order valence-corrected chi connectivity index (χ1v) is 9.90. The van der Waals surface area contributed by atoms with E-state index in [4.69, 9.17) is 9.47 Å². The average Bonchev–Trinajstić information content (AvgIpc) is 3.00. The number of amides is 2. The summed E-state index contributed by atoms with van der Waals surface area (Å²) in [5.41, 5.74) is 2.73. The van der Waals surface area contributed by atoms with Gasteiger partial charge in [-0.05, 0) is 49.6 Å². The molecule has 0 unspecified atom stereocenters. The molecule has 0 saturated carbocycles. The van der Waals surface area contributed by atoms with Crippen molar-refractivity contribution in [2.75, 3.05) is 39.9 Å². The standard InChI is InChI=1S/C23H28N2O4/c1-17-8-6-11-20(18(17)2)29-16-22(26)24-12-7-13-25(15-14-24)23(27)19-9-4-5-10-21(19)28-3/h4-6,8-11H,7,12-16H2,1-3H3. The van der Waals surface area contributed by atoms with E-state index in [9.17, 15) is 9.59 Å². The number of methoxy groups -OCH3 is 1. The van der Waals surface area contributed by atoms with Gasteiger partial charge in [-0.1, -0.05) is 24.3 Å². The minimum absolute atomic E-state index is 0.00471. The predicted molar refractivity (Wildman–Crippen MR) is 112 cm³/mol. The van der Waals surface area contributed by atoms with Crippen LogP contribution in [-0.2, 0) is 4.79 Å². The molecule has 0 aliphatic carbocycles. The molecule has 1 saturated heterocycles. The number of hydrogen-bond acceptors (Lipinski definition) is 4. The molecular weight excluding hydrogens is 368 g/mol. The first-order chi connectivity index (χ1) is 14.0. The minimum Gasteiger partial charge on any atom is -0.496 e. The van der Waals surface area contributed by atoms with Gasteiger partial charge in [-0.25, -0.2) is 0 Å². The highest BCUT2D eigenvalue weighted by atomic mass is 16.5. The van der Waals surface area contributed by atoms with Gasteiger partial charge in [-0.3, -0.25) is 9.59 Å². The third kappa shape index (κ3) is 4.88. The quantitative estimate of drug-likeness (QED) is 0.779. The minimum atomic E-state index is -0.0663. The van der Waals surface area contributed by atoms with Crippen LogP contribution in [0.2, 0.25) is 0 Å². The smallest absolute Gasteiger partial charge is 0.260 e. The molecule has 0 bridgehead atoms. The number of hydrogen-bond donors (Lipinski definition) is 0. The molecule has 0 spiro atoms. The zero-order valence-corrected chi connectivity index (χ0v) is 17.3. The molecule has 1 heterocycles. The maximum Gasteiger partial charge on any atom is 0.260 e. The highest BCUT2D eigenvalue weighted by Gasteiger charge is 2.24. The largest absolute Gasteiger partial charge is 0.496 e. The summed E-state index contributed by atoms with van der Waals surface area (Å²) in [6.45, 7) is 6.23. The number of aryl methyl sites for hydroxylation is 1. The summed E-state index contributed by atoms with van der Waals surface area (Å²) in [7, 11) is 1.56. The second-order valence-electron chi connectivity index (χ2n) is 7.21. The average molecular weight is 396 g/mol. The van der Waals surface area contributed by atoms with Gasteiger partial charge < -0.3 is 19.3 Å². The van der Waals surface area contributed by atoms with E-state index in [-0.39, 0.29) is 18.4 Å². The molecule has 0 N–H and O–H groups in total. The number of nitrogens with zero attached hydrogens (tertiary/aromatic N) is 2. The van der Waals surface area contributed by atoms with Gasteiger partial charge >= 0.3 is 0 Å². The van der Waals surface area contributed by atoms with Crippen LogP contribution >= 0.6 is 0 Å². The molecule has 1 aliphatic rings. The third-order valence-corrected chi connectivity index (χ3v) is 5.38. The Morgan fingerprint density at radius 1 is 0.897 bits per heavy atom. The Hall–Kier alpha value is -3.02. The van der Waals surface area contributed by atoms with Crippen molar-refractivity contribution in [3.8, 4) is 11.5 Å². The second-order valence-corrected chi connectivity index (χ2v) is 7.21. The van der Waals surface area contributed by atoms with E-state index in [1.807, 2.05) is 44.2 Å². The van der Waals surface area contributed by atoms with E-state index in [1.54, 1.807) is 29.0 Å². The summed E-state index contributed by atoms with van der Waals surface area (Å²) in [5, 5.41) is 0. The van der Waals surface area contributed by atoms with Crippen LogP contribution in [0.1, 0.15) is 27.9 Å². The second kappa shape index (κ2) is 9.45. The van der Waals surface area contributed by atoms with Gasteiger partial charge in [0.15, 0.2) is 6.61 Å². The van der Waals surface area contributed by atoms with Crippen LogP contribution in [0.4, 0.5) is 0 Å². The zero-order chi connectivity index (χ0) is 20.8. The van der Waals surface area contributed by atoms with Gasteiger partial charge in [0.2, 0.25) is 0 Å². The van der Waals surface area contributed by atoms with Crippen molar-refractivity contribution in [1.29, 1.82) is 0 Å². The van der Waals surface area contributed by atoms with Crippen LogP contribution in [0, 0.1) is 13.8 Å². The summed E-state index contributed by atoms with van der Waals surface area (Å²) in [6, 6.07) is 13.0. The topological polar surface area (TPSA) is 59.1 Å². The number of carbonyl (C=O) groups excluding carboxylic acids is 2.